The number of halogens is 2. The van der Waals surface area contributed by atoms with Crippen LogP contribution in [0.4, 0.5) is 8.78 Å². The van der Waals surface area contributed by atoms with E-state index >= 15 is 0 Å². The standard InChI is InChI=1S/C15H15F2NO2/c1-14(9-15(16,17)13(19)20)7-6-11-8-10-4-2-3-5-12(10)18(11)14/h2-5,8H,6-7,9H2,1H3,(H,19,20). The lowest BCUT2D eigenvalue weighted by Gasteiger charge is -2.30. The molecular weight excluding hydrogens is 264 g/mol. The lowest BCUT2D eigenvalue weighted by atomic mass is 9.90. The molecule has 0 fully saturated rings. The Morgan fingerprint density at radius 2 is 2.15 bits per heavy atom. The number of hydrogen-bond acceptors (Lipinski definition) is 1. The zero-order chi connectivity index (χ0) is 14.5. The smallest absolute Gasteiger partial charge is 0.374 e. The highest BCUT2D eigenvalue weighted by molar-refractivity contribution is 5.82. The molecule has 0 aliphatic carbocycles. The number of carboxylic acids is 1. The zero-order valence-corrected chi connectivity index (χ0v) is 11.1. The summed E-state index contributed by atoms with van der Waals surface area (Å²) < 4.78 is 29.1. The summed E-state index contributed by atoms with van der Waals surface area (Å²) in [4.78, 5) is 10.7. The second-order valence-corrected chi connectivity index (χ2v) is 5.71. The van der Waals surface area contributed by atoms with Crippen LogP contribution < -0.4 is 0 Å². The van der Waals surface area contributed by atoms with Gasteiger partial charge in [-0.15, -0.1) is 0 Å². The van der Waals surface area contributed by atoms with Crippen molar-refractivity contribution in [2.45, 2.75) is 37.6 Å². The van der Waals surface area contributed by atoms with E-state index in [0.717, 1.165) is 16.6 Å². The highest BCUT2D eigenvalue weighted by Gasteiger charge is 2.48. The summed E-state index contributed by atoms with van der Waals surface area (Å²) in [6.07, 6.45) is 0.553. The molecular formula is C15H15F2NO2. The molecule has 1 atom stereocenters. The lowest BCUT2D eigenvalue weighted by molar-refractivity contribution is -0.168. The average Bonchev–Trinajstić information content (AvgIpc) is 2.87. The summed E-state index contributed by atoms with van der Waals surface area (Å²) in [5, 5.41) is 9.68. The number of rotatable bonds is 3. The molecule has 1 aliphatic rings. The highest BCUT2D eigenvalue weighted by Crippen LogP contribution is 2.43. The van der Waals surface area contributed by atoms with Crippen molar-refractivity contribution in [1.82, 2.24) is 4.57 Å². The van der Waals surface area contributed by atoms with Crippen LogP contribution in [0.15, 0.2) is 30.3 Å². The third-order valence-corrected chi connectivity index (χ3v) is 4.16. The first-order valence-electron chi connectivity index (χ1n) is 6.55. The van der Waals surface area contributed by atoms with Crippen LogP contribution in [-0.4, -0.2) is 21.6 Å². The quantitative estimate of drug-likeness (QED) is 0.935. The molecule has 1 N–H and O–H groups in total. The maximum absolute atomic E-state index is 13.6. The molecule has 2 aromatic rings. The van der Waals surface area contributed by atoms with E-state index in [9.17, 15) is 13.6 Å². The van der Waals surface area contributed by atoms with E-state index < -0.39 is 23.9 Å². The number of carboxylic acid groups (broad SMARTS) is 1. The van der Waals surface area contributed by atoms with Crippen molar-refractivity contribution in [2.75, 3.05) is 0 Å². The number of aromatic nitrogens is 1. The minimum Gasteiger partial charge on any atom is -0.477 e. The predicted octanol–water partition coefficient (Wildman–Crippen LogP) is 3.41. The molecule has 0 bridgehead atoms. The average molecular weight is 279 g/mol. The number of aliphatic carboxylic acids is 1. The van der Waals surface area contributed by atoms with Crippen LogP contribution >= 0.6 is 0 Å². The Morgan fingerprint density at radius 1 is 1.45 bits per heavy atom. The maximum Gasteiger partial charge on any atom is 0.374 e. The van der Waals surface area contributed by atoms with E-state index in [2.05, 4.69) is 0 Å². The molecule has 5 heteroatoms. The van der Waals surface area contributed by atoms with Crippen LogP contribution in [0.1, 0.15) is 25.5 Å². The molecule has 1 aromatic heterocycles. The summed E-state index contributed by atoms with van der Waals surface area (Å²) in [5.74, 6) is -5.76. The van der Waals surface area contributed by atoms with Crippen molar-refractivity contribution in [3.8, 4) is 0 Å². The molecule has 3 rings (SSSR count). The number of nitrogens with zero attached hydrogens (tertiary/aromatic N) is 1. The maximum atomic E-state index is 13.6. The van der Waals surface area contributed by atoms with Gasteiger partial charge in [-0.3, -0.25) is 0 Å². The first kappa shape index (κ1) is 13.1. The van der Waals surface area contributed by atoms with Crippen LogP contribution in [-0.2, 0) is 16.8 Å². The van der Waals surface area contributed by atoms with Gasteiger partial charge in [0.15, 0.2) is 0 Å². The molecule has 0 saturated carbocycles. The molecule has 1 unspecified atom stereocenters. The monoisotopic (exact) mass is 279 g/mol. The molecule has 106 valence electrons. The molecule has 1 aromatic carbocycles. The first-order valence-corrected chi connectivity index (χ1v) is 6.55. The van der Waals surface area contributed by atoms with Crippen molar-refractivity contribution >= 4 is 16.9 Å². The molecule has 20 heavy (non-hydrogen) atoms. The van der Waals surface area contributed by atoms with E-state index in [1.54, 1.807) is 6.92 Å². The van der Waals surface area contributed by atoms with Gasteiger partial charge in [-0.1, -0.05) is 18.2 Å². The summed E-state index contributed by atoms with van der Waals surface area (Å²) in [6, 6.07) is 9.60. The second-order valence-electron chi connectivity index (χ2n) is 5.71. The van der Waals surface area contributed by atoms with Gasteiger partial charge >= 0.3 is 11.9 Å². The topological polar surface area (TPSA) is 42.2 Å². The Hall–Kier alpha value is -1.91. The van der Waals surface area contributed by atoms with E-state index in [1.165, 1.54) is 0 Å². The zero-order valence-electron chi connectivity index (χ0n) is 11.1. The van der Waals surface area contributed by atoms with Gasteiger partial charge in [0.2, 0.25) is 0 Å². The van der Waals surface area contributed by atoms with Gasteiger partial charge in [0.25, 0.3) is 0 Å². The number of para-hydroxylation sites is 1. The fraction of sp³-hybridized carbons (Fsp3) is 0.400. The number of carbonyl (C=O) groups is 1. The number of fused-ring (bicyclic) bond motifs is 3. The minimum atomic E-state index is -3.71. The summed E-state index contributed by atoms with van der Waals surface area (Å²) in [6.45, 7) is 1.72. The normalized spacial score (nSPS) is 22.1. The Kier molecular flexibility index (Phi) is 2.64. The third-order valence-electron chi connectivity index (χ3n) is 4.16. The van der Waals surface area contributed by atoms with E-state index in [1.807, 2.05) is 34.9 Å². The molecule has 0 amide bonds. The van der Waals surface area contributed by atoms with Crippen molar-refractivity contribution in [3.05, 3.63) is 36.0 Å². The van der Waals surface area contributed by atoms with E-state index in [0.29, 0.717) is 12.8 Å². The van der Waals surface area contributed by atoms with Crippen LogP contribution in [0, 0.1) is 0 Å². The Bertz CT molecular complexity index is 692. The van der Waals surface area contributed by atoms with Crippen molar-refractivity contribution < 1.29 is 18.7 Å². The highest BCUT2D eigenvalue weighted by atomic mass is 19.3. The number of alkyl halides is 2. The molecule has 0 spiro atoms. The van der Waals surface area contributed by atoms with E-state index in [-0.39, 0.29) is 0 Å². The third kappa shape index (κ3) is 1.80. The van der Waals surface area contributed by atoms with Crippen LogP contribution in [0.5, 0.6) is 0 Å². The van der Waals surface area contributed by atoms with Gasteiger partial charge in [0, 0.05) is 23.2 Å². The fourth-order valence-corrected chi connectivity index (χ4v) is 3.26. The Balaban J connectivity index is 2.09. The molecule has 2 heterocycles. The molecule has 0 radical (unpaired) electrons. The van der Waals surface area contributed by atoms with Gasteiger partial charge in [0.1, 0.15) is 0 Å². The number of hydrogen-bond donors (Lipinski definition) is 1. The summed E-state index contributed by atoms with van der Waals surface area (Å²) in [5.41, 5.74) is 1.03. The predicted molar refractivity (Wildman–Crippen MR) is 71.1 cm³/mol. The lowest BCUT2D eigenvalue weighted by Crippen LogP contribution is -2.39. The summed E-state index contributed by atoms with van der Waals surface area (Å²) >= 11 is 0. The number of aryl methyl sites for hydroxylation is 1. The van der Waals surface area contributed by atoms with Gasteiger partial charge in [-0.05, 0) is 37.3 Å². The van der Waals surface area contributed by atoms with Crippen LogP contribution in [0.2, 0.25) is 0 Å². The van der Waals surface area contributed by atoms with Gasteiger partial charge in [-0.25, -0.2) is 4.79 Å². The Labute approximate surface area is 114 Å². The van der Waals surface area contributed by atoms with Gasteiger partial charge < -0.3 is 9.67 Å². The largest absolute Gasteiger partial charge is 0.477 e. The minimum absolute atomic E-state index is 0.538. The Morgan fingerprint density at radius 3 is 2.85 bits per heavy atom. The van der Waals surface area contributed by atoms with Crippen LogP contribution in [0.25, 0.3) is 10.9 Å². The van der Waals surface area contributed by atoms with Gasteiger partial charge in [-0.2, -0.15) is 8.78 Å². The SMILES string of the molecule is CC1(CC(F)(F)C(=O)O)CCc2cc3ccccc3n21. The fourth-order valence-electron chi connectivity index (χ4n) is 3.26. The van der Waals surface area contributed by atoms with Crippen molar-refractivity contribution in [1.29, 1.82) is 0 Å². The van der Waals surface area contributed by atoms with Crippen LogP contribution in [0.3, 0.4) is 0 Å². The van der Waals surface area contributed by atoms with Crippen molar-refractivity contribution in [3.63, 3.8) is 0 Å². The molecule has 3 nitrogen and oxygen atoms in total. The summed E-state index contributed by atoms with van der Waals surface area (Å²) in [7, 11) is 0. The molecule has 0 saturated heterocycles. The molecule has 1 aliphatic heterocycles. The van der Waals surface area contributed by atoms with Crippen molar-refractivity contribution in [2.24, 2.45) is 0 Å². The van der Waals surface area contributed by atoms with E-state index in [4.69, 9.17) is 5.11 Å². The first-order chi connectivity index (χ1) is 9.33. The second kappa shape index (κ2) is 4.04. The number of benzene rings is 1. The van der Waals surface area contributed by atoms with Gasteiger partial charge in [0.05, 0.1) is 0 Å².